The lowest BCUT2D eigenvalue weighted by Gasteiger charge is -2.28. The third-order valence-corrected chi connectivity index (χ3v) is 5.43. The molecule has 1 aliphatic carbocycles. The van der Waals surface area contributed by atoms with Crippen LogP contribution in [-0.2, 0) is 17.6 Å². The number of quaternary nitrogens is 1. The number of rotatable bonds is 4. The van der Waals surface area contributed by atoms with Gasteiger partial charge in [0, 0.05) is 30.0 Å². The molecule has 0 saturated heterocycles. The number of fused-ring (bicyclic) bond motifs is 1. The molecule has 0 spiro atoms. The zero-order valence-electron chi connectivity index (χ0n) is 16.3. The quantitative estimate of drug-likeness (QED) is 0.586. The molecular weight excluding hydrogens is 431 g/mol. The molecule has 1 aliphatic rings. The van der Waals surface area contributed by atoms with Gasteiger partial charge >= 0.3 is 5.97 Å². The summed E-state index contributed by atoms with van der Waals surface area (Å²) in [7, 11) is 0. The predicted octanol–water partition coefficient (Wildman–Crippen LogP) is 1.12. The molecule has 4 N–H and O–H groups in total. The largest absolute Gasteiger partial charge is 1.00 e. The topological polar surface area (TPSA) is 74.2 Å². The van der Waals surface area contributed by atoms with E-state index in [0.717, 1.165) is 17.2 Å². The van der Waals surface area contributed by atoms with E-state index in [1.54, 1.807) is 30.3 Å². The molecule has 0 heterocycles. The Morgan fingerprint density at radius 1 is 1.00 bits per heavy atom. The van der Waals surface area contributed by atoms with Gasteiger partial charge in [0.25, 0.3) is 0 Å². The first kappa shape index (κ1) is 22.7. The Hall–Kier alpha value is -3.03. The molecule has 162 valence electrons. The lowest BCUT2D eigenvalue weighted by atomic mass is 9.78. The minimum atomic E-state index is -1.28. The minimum absolute atomic E-state index is 0. The molecule has 0 saturated carbocycles. The number of carboxylic acid groups (broad SMARTS) is 1. The van der Waals surface area contributed by atoms with Gasteiger partial charge in [-0.05, 0) is 41.8 Å². The lowest BCUT2D eigenvalue weighted by molar-refractivity contribution is -0.464. The van der Waals surface area contributed by atoms with Crippen LogP contribution in [-0.4, -0.2) is 16.6 Å². The van der Waals surface area contributed by atoms with Crippen LogP contribution >= 0.6 is 0 Å². The van der Waals surface area contributed by atoms with Crippen LogP contribution in [0.4, 0.5) is 13.2 Å². The van der Waals surface area contributed by atoms with E-state index in [2.05, 4.69) is 5.73 Å². The SMILES string of the molecule is [Cl-].[NH3+]C1(C(=O)O)CCc2ccc(Oc3ccccc3-c3cc(F)cc(F)c3F)cc2C1. The van der Waals surface area contributed by atoms with Gasteiger partial charge in [-0.2, -0.15) is 0 Å². The van der Waals surface area contributed by atoms with Crippen molar-refractivity contribution < 1.29 is 45.9 Å². The van der Waals surface area contributed by atoms with Crippen LogP contribution in [0, 0.1) is 17.5 Å². The van der Waals surface area contributed by atoms with Gasteiger partial charge in [0.2, 0.25) is 0 Å². The Kier molecular flexibility index (Phi) is 6.29. The van der Waals surface area contributed by atoms with Crippen molar-refractivity contribution in [2.75, 3.05) is 0 Å². The summed E-state index contributed by atoms with van der Waals surface area (Å²) in [6, 6.07) is 13.1. The molecule has 4 nitrogen and oxygen atoms in total. The normalized spacial score (nSPS) is 17.4. The highest BCUT2D eigenvalue weighted by molar-refractivity contribution is 5.78. The van der Waals surface area contributed by atoms with Crippen molar-refractivity contribution in [3.8, 4) is 22.6 Å². The number of aryl methyl sites for hydroxylation is 1. The van der Waals surface area contributed by atoms with E-state index >= 15 is 0 Å². The molecule has 0 bridgehead atoms. The van der Waals surface area contributed by atoms with Gasteiger partial charge in [0.05, 0.1) is 0 Å². The van der Waals surface area contributed by atoms with Crippen LogP contribution in [0.1, 0.15) is 17.5 Å². The summed E-state index contributed by atoms with van der Waals surface area (Å²) in [5, 5.41) is 9.47. The second-order valence-electron chi connectivity index (χ2n) is 7.54. The number of hydrogen-bond acceptors (Lipinski definition) is 2. The monoisotopic (exact) mass is 449 g/mol. The summed E-state index contributed by atoms with van der Waals surface area (Å²) in [6.45, 7) is 0. The molecule has 1 atom stereocenters. The van der Waals surface area contributed by atoms with E-state index in [1.165, 1.54) is 6.07 Å². The number of carbonyl (C=O) groups is 1. The zero-order valence-corrected chi connectivity index (χ0v) is 17.1. The molecule has 0 radical (unpaired) electrons. The summed E-state index contributed by atoms with van der Waals surface area (Å²) in [6.07, 6.45) is 1.30. The molecule has 0 aromatic heterocycles. The Labute approximate surface area is 182 Å². The maximum atomic E-state index is 14.3. The lowest BCUT2D eigenvalue weighted by Crippen LogP contribution is -3.00. The first-order valence-electron chi connectivity index (χ1n) is 9.39. The molecule has 3 aromatic carbocycles. The highest BCUT2D eigenvalue weighted by atomic mass is 35.5. The number of ether oxygens (including phenoxy) is 1. The average Bonchev–Trinajstić information content (AvgIpc) is 2.71. The van der Waals surface area contributed by atoms with Gasteiger partial charge < -0.3 is 28.0 Å². The molecular formula is C23H19ClF3NO3. The second kappa shape index (κ2) is 8.61. The van der Waals surface area contributed by atoms with Gasteiger partial charge in [-0.1, -0.05) is 24.3 Å². The first-order valence-corrected chi connectivity index (χ1v) is 9.39. The van der Waals surface area contributed by atoms with Crippen LogP contribution in [0.25, 0.3) is 11.1 Å². The number of carboxylic acids is 1. The molecule has 1 unspecified atom stereocenters. The third kappa shape index (κ3) is 4.38. The zero-order chi connectivity index (χ0) is 21.5. The summed E-state index contributed by atoms with van der Waals surface area (Å²) >= 11 is 0. The highest BCUT2D eigenvalue weighted by Gasteiger charge is 2.41. The fraction of sp³-hybridized carbons (Fsp3) is 0.174. The van der Waals surface area contributed by atoms with Crippen molar-refractivity contribution in [1.82, 2.24) is 0 Å². The van der Waals surface area contributed by atoms with Crippen molar-refractivity contribution in [2.24, 2.45) is 0 Å². The van der Waals surface area contributed by atoms with Crippen LogP contribution in [0.2, 0.25) is 0 Å². The number of benzene rings is 3. The smallest absolute Gasteiger partial charge is 0.365 e. The Morgan fingerprint density at radius 2 is 1.74 bits per heavy atom. The van der Waals surface area contributed by atoms with Crippen molar-refractivity contribution in [3.63, 3.8) is 0 Å². The standard InChI is InChI=1S/C23H18F3NO3.ClH/c24-15-10-18(21(26)19(25)11-15)17-3-1-2-4-20(17)30-16-6-5-13-7-8-23(27,22(28)29)12-14(13)9-16;/h1-6,9-11H,7-8,12,27H2,(H,28,29);1H. The van der Waals surface area contributed by atoms with Crippen molar-refractivity contribution in [1.29, 1.82) is 0 Å². The van der Waals surface area contributed by atoms with Gasteiger partial charge in [-0.15, -0.1) is 0 Å². The molecule has 3 aromatic rings. The van der Waals surface area contributed by atoms with Crippen LogP contribution < -0.4 is 22.9 Å². The van der Waals surface area contributed by atoms with Crippen LogP contribution in [0.3, 0.4) is 0 Å². The van der Waals surface area contributed by atoms with Crippen LogP contribution in [0.5, 0.6) is 11.5 Å². The maximum Gasteiger partial charge on any atom is 0.365 e. The van der Waals surface area contributed by atoms with E-state index in [1.807, 2.05) is 6.07 Å². The van der Waals surface area contributed by atoms with E-state index < -0.39 is 29.0 Å². The molecule has 0 fully saturated rings. The maximum absolute atomic E-state index is 14.3. The fourth-order valence-corrected chi connectivity index (χ4v) is 3.74. The molecule has 0 aliphatic heterocycles. The Balaban J connectivity index is 0.00000272. The number of halogens is 4. The number of aliphatic carboxylic acids is 1. The van der Waals surface area contributed by atoms with Crippen molar-refractivity contribution >= 4 is 5.97 Å². The summed E-state index contributed by atoms with van der Waals surface area (Å²) < 4.78 is 47.6. The van der Waals surface area contributed by atoms with Gasteiger partial charge in [0.1, 0.15) is 17.3 Å². The molecule has 4 rings (SSSR count). The van der Waals surface area contributed by atoms with E-state index in [9.17, 15) is 23.1 Å². The molecule has 31 heavy (non-hydrogen) atoms. The van der Waals surface area contributed by atoms with E-state index in [0.29, 0.717) is 24.7 Å². The van der Waals surface area contributed by atoms with E-state index in [-0.39, 0.29) is 35.7 Å². The summed E-state index contributed by atoms with van der Waals surface area (Å²) in [4.78, 5) is 11.6. The second-order valence-corrected chi connectivity index (χ2v) is 7.54. The summed E-state index contributed by atoms with van der Waals surface area (Å²) in [5.41, 5.74) is 4.57. The number of hydrogen-bond donors (Lipinski definition) is 2. The third-order valence-electron chi connectivity index (χ3n) is 5.43. The van der Waals surface area contributed by atoms with Gasteiger partial charge in [-0.25, -0.2) is 18.0 Å². The Bertz CT molecular complexity index is 1150. The minimum Gasteiger partial charge on any atom is -1.00 e. The van der Waals surface area contributed by atoms with E-state index in [4.69, 9.17) is 4.74 Å². The van der Waals surface area contributed by atoms with Gasteiger partial charge in [-0.3, -0.25) is 0 Å². The summed E-state index contributed by atoms with van der Waals surface area (Å²) in [5.74, 6) is -3.67. The number of para-hydroxylation sites is 1. The molecule has 0 amide bonds. The predicted molar refractivity (Wildman–Crippen MR) is 104 cm³/mol. The first-order chi connectivity index (χ1) is 14.3. The van der Waals surface area contributed by atoms with Crippen molar-refractivity contribution in [3.05, 3.63) is 83.2 Å². The Morgan fingerprint density at radius 3 is 2.48 bits per heavy atom. The fourth-order valence-electron chi connectivity index (χ4n) is 3.74. The van der Waals surface area contributed by atoms with Crippen LogP contribution in [0.15, 0.2) is 54.6 Å². The van der Waals surface area contributed by atoms with Gasteiger partial charge in [0.15, 0.2) is 17.2 Å². The molecule has 8 heteroatoms. The average molecular weight is 450 g/mol. The van der Waals surface area contributed by atoms with Crippen molar-refractivity contribution in [2.45, 2.75) is 24.8 Å². The highest BCUT2D eigenvalue weighted by Crippen LogP contribution is 2.37.